The van der Waals surface area contributed by atoms with Crippen molar-refractivity contribution in [1.29, 1.82) is 0 Å². The van der Waals surface area contributed by atoms with Crippen LogP contribution < -0.4 is 15.0 Å². The highest BCUT2D eigenvalue weighted by atomic mass is 16.5. The minimum absolute atomic E-state index is 0.135. The number of carbonyl (C=O) groups is 2. The van der Waals surface area contributed by atoms with Gasteiger partial charge in [-0.2, -0.15) is 0 Å². The number of fused-ring (bicyclic) bond motifs is 3. The van der Waals surface area contributed by atoms with E-state index in [1.54, 1.807) is 30.4 Å². The van der Waals surface area contributed by atoms with Crippen molar-refractivity contribution in [2.75, 3.05) is 12.0 Å². The third-order valence-electron chi connectivity index (χ3n) is 7.06. The number of nitrogens with one attached hydrogen (secondary N) is 1. The molecule has 0 saturated heterocycles. The Hall–Kier alpha value is -3.22. The molecule has 2 aromatic heterocycles. The number of methoxy groups -OCH3 is 1. The van der Waals surface area contributed by atoms with Crippen LogP contribution in [-0.4, -0.2) is 35.1 Å². The lowest BCUT2D eigenvalue weighted by atomic mass is 9.86. The fourth-order valence-electron chi connectivity index (χ4n) is 5.11. The first-order chi connectivity index (χ1) is 15.4. The van der Waals surface area contributed by atoms with Crippen molar-refractivity contribution in [3.63, 3.8) is 0 Å². The van der Waals surface area contributed by atoms with E-state index in [1.807, 2.05) is 35.8 Å². The molecule has 1 saturated carbocycles. The number of rotatable bonds is 4. The molecule has 32 heavy (non-hydrogen) atoms. The van der Waals surface area contributed by atoms with Crippen LogP contribution in [0.1, 0.15) is 50.0 Å². The maximum Gasteiger partial charge on any atom is 0.276 e. The van der Waals surface area contributed by atoms with Crippen molar-refractivity contribution < 1.29 is 18.7 Å². The molecular weight excluding hydrogens is 406 g/mol. The van der Waals surface area contributed by atoms with E-state index in [1.165, 1.54) is 0 Å². The van der Waals surface area contributed by atoms with Gasteiger partial charge in [0.05, 0.1) is 25.4 Å². The molecule has 3 aromatic rings. The van der Waals surface area contributed by atoms with E-state index < -0.39 is 5.54 Å². The minimum atomic E-state index is -1.11. The molecule has 3 heterocycles. The zero-order valence-corrected chi connectivity index (χ0v) is 18.8. The Morgan fingerprint density at radius 2 is 1.97 bits per heavy atom. The van der Waals surface area contributed by atoms with Gasteiger partial charge in [0.2, 0.25) is 5.91 Å². The Balaban J connectivity index is 1.57. The number of aromatic nitrogens is 1. The SMILES string of the molecule is COc1cccc(N2C(=O)c3cc4occc4n3CC2(C)C(=O)NC2CCC(C)CC2)c1. The summed E-state index contributed by atoms with van der Waals surface area (Å²) in [5.41, 5.74) is 1.50. The predicted octanol–water partition coefficient (Wildman–Crippen LogP) is 4.36. The van der Waals surface area contributed by atoms with Gasteiger partial charge in [-0.25, -0.2) is 0 Å². The van der Waals surface area contributed by atoms with Crippen LogP contribution in [0.5, 0.6) is 5.75 Å². The highest BCUT2D eigenvalue weighted by molar-refractivity contribution is 6.13. The minimum Gasteiger partial charge on any atom is -0.497 e. The number of ether oxygens (including phenoxy) is 1. The van der Waals surface area contributed by atoms with Crippen molar-refractivity contribution in [2.45, 2.75) is 57.7 Å². The molecule has 5 rings (SSSR count). The number of hydrogen-bond donors (Lipinski definition) is 1. The van der Waals surface area contributed by atoms with Gasteiger partial charge in [0.25, 0.3) is 5.91 Å². The molecule has 0 spiro atoms. The second-order valence-electron chi connectivity index (χ2n) is 9.33. The van der Waals surface area contributed by atoms with E-state index in [9.17, 15) is 9.59 Å². The number of nitrogens with zero attached hydrogens (tertiary/aromatic N) is 2. The summed E-state index contributed by atoms with van der Waals surface area (Å²) in [6.45, 7) is 4.44. The van der Waals surface area contributed by atoms with Crippen LogP contribution in [0.25, 0.3) is 11.1 Å². The summed E-state index contributed by atoms with van der Waals surface area (Å²) in [5, 5.41) is 3.26. The molecule has 0 radical (unpaired) electrons. The number of benzene rings is 1. The van der Waals surface area contributed by atoms with E-state index in [0.717, 1.165) is 31.2 Å². The molecule has 1 N–H and O–H groups in total. The van der Waals surface area contributed by atoms with Gasteiger partial charge in [-0.15, -0.1) is 0 Å². The van der Waals surface area contributed by atoms with Crippen molar-refractivity contribution in [3.05, 3.63) is 48.4 Å². The summed E-state index contributed by atoms with van der Waals surface area (Å²) in [6.07, 6.45) is 5.76. The highest BCUT2D eigenvalue weighted by Gasteiger charge is 2.49. The van der Waals surface area contributed by atoms with Gasteiger partial charge in [-0.3, -0.25) is 14.5 Å². The van der Waals surface area contributed by atoms with Gasteiger partial charge in [0.15, 0.2) is 5.58 Å². The van der Waals surface area contributed by atoms with E-state index in [0.29, 0.717) is 35.2 Å². The Morgan fingerprint density at radius 3 is 2.72 bits per heavy atom. The summed E-state index contributed by atoms with van der Waals surface area (Å²) in [6, 6.07) is 11.0. The molecule has 1 atom stereocenters. The molecule has 1 aliphatic heterocycles. The van der Waals surface area contributed by atoms with Crippen LogP contribution in [0.15, 0.2) is 47.1 Å². The van der Waals surface area contributed by atoms with Gasteiger partial charge in [0, 0.05) is 29.9 Å². The van der Waals surface area contributed by atoms with Gasteiger partial charge in [-0.05, 0) is 50.7 Å². The Labute approximate surface area is 187 Å². The summed E-state index contributed by atoms with van der Waals surface area (Å²) < 4.78 is 12.8. The van der Waals surface area contributed by atoms with E-state index in [-0.39, 0.29) is 17.9 Å². The standard InChI is InChI=1S/C25H29N3O4/c1-16-7-9-17(10-8-16)26-24(30)25(2)15-27-20-11-12-32-22(20)14-21(27)23(29)28(25)18-5-4-6-19(13-18)31-3/h4-6,11-14,16-17H,7-10,15H2,1-3H3,(H,26,30). The van der Waals surface area contributed by atoms with Gasteiger partial charge < -0.3 is 19.0 Å². The first-order valence-electron chi connectivity index (χ1n) is 11.3. The highest BCUT2D eigenvalue weighted by Crippen LogP contribution is 2.37. The molecule has 7 heteroatoms. The fourth-order valence-corrected chi connectivity index (χ4v) is 5.11. The van der Waals surface area contributed by atoms with E-state index in [4.69, 9.17) is 9.15 Å². The molecule has 1 aromatic carbocycles. The molecule has 168 valence electrons. The van der Waals surface area contributed by atoms with E-state index >= 15 is 0 Å². The monoisotopic (exact) mass is 435 g/mol. The molecule has 1 fully saturated rings. The topological polar surface area (TPSA) is 76.7 Å². The maximum absolute atomic E-state index is 13.8. The van der Waals surface area contributed by atoms with Crippen LogP contribution in [0.4, 0.5) is 5.69 Å². The molecule has 7 nitrogen and oxygen atoms in total. The molecule has 2 aliphatic rings. The Bertz CT molecular complexity index is 1170. The third kappa shape index (κ3) is 3.27. The van der Waals surface area contributed by atoms with E-state index in [2.05, 4.69) is 12.2 Å². The summed E-state index contributed by atoms with van der Waals surface area (Å²) in [7, 11) is 1.59. The second kappa shape index (κ2) is 7.73. The lowest BCUT2D eigenvalue weighted by molar-refractivity contribution is -0.127. The Morgan fingerprint density at radius 1 is 1.19 bits per heavy atom. The van der Waals surface area contributed by atoms with Gasteiger partial charge >= 0.3 is 0 Å². The van der Waals surface area contributed by atoms with Crippen LogP contribution in [0.3, 0.4) is 0 Å². The number of anilines is 1. The molecule has 2 amide bonds. The van der Waals surface area contributed by atoms with Crippen LogP contribution in [-0.2, 0) is 11.3 Å². The van der Waals surface area contributed by atoms with Gasteiger partial charge in [-0.1, -0.05) is 13.0 Å². The average Bonchev–Trinajstić information content (AvgIpc) is 3.38. The van der Waals surface area contributed by atoms with Crippen molar-refractivity contribution in [2.24, 2.45) is 5.92 Å². The van der Waals surface area contributed by atoms with Crippen molar-refractivity contribution >= 4 is 28.6 Å². The zero-order valence-electron chi connectivity index (χ0n) is 18.8. The summed E-state index contributed by atoms with van der Waals surface area (Å²) in [4.78, 5) is 29.2. The molecule has 1 unspecified atom stereocenters. The fraction of sp³-hybridized carbons (Fsp3) is 0.440. The smallest absolute Gasteiger partial charge is 0.276 e. The quantitative estimate of drug-likeness (QED) is 0.661. The predicted molar refractivity (Wildman–Crippen MR) is 122 cm³/mol. The largest absolute Gasteiger partial charge is 0.497 e. The lowest BCUT2D eigenvalue weighted by Crippen LogP contribution is -2.65. The second-order valence-corrected chi connectivity index (χ2v) is 9.33. The van der Waals surface area contributed by atoms with Crippen molar-refractivity contribution in [3.8, 4) is 5.75 Å². The van der Waals surface area contributed by atoms with Crippen LogP contribution >= 0.6 is 0 Å². The number of hydrogen-bond acceptors (Lipinski definition) is 4. The van der Waals surface area contributed by atoms with Crippen LogP contribution in [0, 0.1) is 5.92 Å². The maximum atomic E-state index is 13.8. The number of carbonyl (C=O) groups excluding carboxylic acids is 2. The van der Waals surface area contributed by atoms with Gasteiger partial charge in [0.1, 0.15) is 17.0 Å². The zero-order chi connectivity index (χ0) is 22.5. The normalized spacial score (nSPS) is 25.6. The average molecular weight is 436 g/mol. The first-order valence-corrected chi connectivity index (χ1v) is 11.3. The van der Waals surface area contributed by atoms with Crippen molar-refractivity contribution in [1.82, 2.24) is 9.88 Å². The van der Waals surface area contributed by atoms with Crippen LogP contribution in [0.2, 0.25) is 0 Å². The molecule has 0 bridgehead atoms. The first kappa shape index (κ1) is 20.7. The lowest BCUT2D eigenvalue weighted by Gasteiger charge is -2.44. The molecule has 1 aliphatic carbocycles. The Kier molecular flexibility index (Phi) is 4.99. The summed E-state index contributed by atoms with van der Waals surface area (Å²) >= 11 is 0. The third-order valence-corrected chi connectivity index (χ3v) is 7.06. The number of furan rings is 1. The molecular formula is C25H29N3O4. The summed E-state index contributed by atoms with van der Waals surface area (Å²) in [5.74, 6) is 0.962. The number of amides is 2.